The van der Waals surface area contributed by atoms with Crippen molar-refractivity contribution in [2.24, 2.45) is 0 Å². The summed E-state index contributed by atoms with van der Waals surface area (Å²) in [6.07, 6.45) is 0. The van der Waals surface area contributed by atoms with E-state index in [0.717, 1.165) is 22.7 Å². The standard InChI is InChI=1S/C21H20N2O4/c1-24-18-9-8-15(10-19(18)25-2)23-17-12-21-20(26-13-27-21)11-16(17)22-14-6-4-3-5-7-14/h3-12,22-23H,13H2,1-2H3. The minimum atomic E-state index is 0.222. The van der Waals surface area contributed by atoms with E-state index in [-0.39, 0.29) is 6.79 Å². The molecule has 1 heterocycles. The monoisotopic (exact) mass is 364 g/mol. The molecule has 6 nitrogen and oxygen atoms in total. The molecule has 0 bridgehead atoms. The lowest BCUT2D eigenvalue weighted by molar-refractivity contribution is 0.174. The number of fused-ring (bicyclic) bond motifs is 1. The van der Waals surface area contributed by atoms with Crippen molar-refractivity contribution in [1.82, 2.24) is 0 Å². The van der Waals surface area contributed by atoms with Gasteiger partial charge in [0.15, 0.2) is 23.0 Å². The van der Waals surface area contributed by atoms with Crippen LogP contribution >= 0.6 is 0 Å². The molecule has 0 fully saturated rings. The second-order valence-electron chi connectivity index (χ2n) is 5.94. The van der Waals surface area contributed by atoms with E-state index in [1.54, 1.807) is 14.2 Å². The second kappa shape index (κ2) is 7.37. The Kier molecular flexibility index (Phi) is 4.61. The maximum absolute atomic E-state index is 5.53. The van der Waals surface area contributed by atoms with Gasteiger partial charge in [-0.1, -0.05) is 18.2 Å². The Labute approximate surface area is 157 Å². The smallest absolute Gasteiger partial charge is 0.231 e. The maximum atomic E-state index is 5.53. The average Bonchev–Trinajstić information content (AvgIpc) is 3.16. The molecule has 0 aliphatic carbocycles. The summed E-state index contributed by atoms with van der Waals surface area (Å²) in [5.41, 5.74) is 3.57. The zero-order valence-electron chi connectivity index (χ0n) is 15.1. The zero-order valence-corrected chi connectivity index (χ0v) is 15.1. The number of hydrogen-bond acceptors (Lipinski definition) is 6. The fraction of sp³-hybridized carbons (Fsp3) is 0.143. The van der Waals surface area contributed by atoms with Gasteiger partial charge in [0.05, 0.1) is 25.6 Å². The van der Waals surface area contributed by atoms with E-state index in [0.29, 0.717) is 23.0 Å². The Balaban J connectivity index is 1.69. The number of hydrogen-bond donors (Lipinski definition) is 2. The largest absolute Gasteiger partial charge is 0.493 e. The first-order valence-electron chi connectivity index (χ1n) is 8.51. The van der Waals surface area contributed by atoms with Crippen LogP contribution in [0, 0.1) is 0 Å². The summed E-state index contributed by atoms with van der Waals surface area (Å²) >= 11 is 0. The molecule has 0 aromatic heterocycles. The normalized spacial score (nSPS) is 11.8. The van der Waals surface area contributed by atoms with Gasteiger partial charge in [-0.15, -0.1) is 0 Å². The number of anilines is 4. The van der Waals surface area contributed by atoms with Crippen LogP contribution in [0.25, 0.3) is 0 Å². The van der Waals surface area contributed by atoms with Crippen molar-refractivity contribution in [3.63, 3.8) is 0 Å². The van der Waals surface area contributed by atoms with Crippen molar-refractivity contribution in [3.05, 3.63) is 60.7 Å². The molecule has 2 N–H and O–H groups in total. The number of benzene rings is 3. The number of para-hydroxylation sites is 1. The third-order valence-electron chi connectivity index (χ3n) is 4.23. The van der Waals surface area contributed by atoms with Crippen LogP contribution in [0.1, 0.15) is 0 Å². The molecule has 0 radical (unpaired) electrons. The van der Waals surface area contributed by atoms with Gasteiger partial charge in [0, 0.05) is 29.6 Å². The highest BCUT2D eigenvalue weighted by molar-refractivity contribution is 5.82. The fourth-order valence-corrected chi connectivity index (χ4v) is 2.90. The molecule has 0 atom stereocenters. The third kappa shape index (κ3) is 3.55. The van der Waals surface area contributed by atoms with Crippen molar-refractivity contribution in [2.45, 2.75) is 0 Å². The lowest BCUT2D eigenvalue weighted by atomic mass is 10.2. The summed E-state index contributed by atoms with van der Waals surface area (Å²) in [5, 5.41) is 6.83. The van der Waals surface area contributed by atoms with Crippen molar-refractivity contribution in [2.75, 3.05) is 31.6 Å². The highest BCUT2D eigenvalue weighted by Crippen LogP contribution is 2.42. The van der Waals surface area contributed by atoms with Gasteiger partial charge < -0.3 is 29.6 Å². The van der Waals surface area contributed by atoms with E-state index in [9.17, 15) is 0 Å². The van der Waals surface area contributed by atoms with Crippen LogP contribution in [-0.2, 0) is 0 Å². The average molecular weight is 364 g/mol. The second-order valence-corrected chi connectivity index (χ2v) is 5.94. The predicted molar refractivity (Wildman–Crippen MR) is 105 cm³/mol. The molecule has 0 unspecified atom stereocenters. The van der Waals surface area contributed by atoms with Crippen LogP contribution < -0.4 is 29.6 Å². The van der Waals surface area contributed by atoms with Gasteiger partial charge in [0.2, 0.25) is 6.79 Å². The van der Waals surface area contributed by atoms with Gasteiger partial charge in [0.1, 0.15) is 0 Å². The first-order valence-corrected chi connectivity index (χ1v) is 8.51. The Bertz CT molecular complexity index is 944. The van der Waals surface area contributed by atoms with Crippen LogP contribution in [0.2, 0.25) is 0 Å². The van der Waals surface area contributed by atoms with Crippen molar-refractivity contribution < 1.29 is 18.9 Å². The van der Waals surface area contributed by atoms with Crippen LogP contribution in [0.4, 0.5) is 22.7 Å². The van der Waals surface area contributed by atoms with Crippen molar-refractivity contribution in [3.8, 4) is 23.0 Å². The van der Waals surface area contributed by atoms with Gasteiger partial charge in [0.25, 0.3) is 0 Å². The highest BCUT2D eigenvalue weighted by atomic mass is 16.7. The lowest BCUT2D eigenvalue weighted by Crippen LogP contribution is -1.99. The fourth-order valence-electron chi connectivity index (χ4n) is 2.90. The number of ether oxygens (including phenoxy) is 4. The van der Waals surface area contributed by atoms with Crippen LogP contribution in [0.15, 0.2) is 60.7 Å². The molecule has 0 saturated carbocycles. The van der Waals surface area contributed by atoms with Crippen molar-refractivity contribution >= 4 is 22.7 Å². The summed E-state index contributed by atoms with van der Waals surface area (Å²) in [6.45, 7) is 0.222. The Morgan fingerprint density at radius 3 is 1.96 bits per heavy atom. The molecule has 0 spiro atoms. The predicted octanol–water partition coefficient (Wildman–Crippen LogP) is 4.92. The summed E-state index contributed by atoms with van der Waals surface area (Å²) < 4.78 is 21.7. The van der Waals surface area contributed by atoms with E-state index in [4.69, 9.17) is 18.9 Å². The Morgan fingerprint density at radius 2 is 1.33 bits per heavy atom. The zero-order chi connectivity index (χ0) is 18.6. The van der Waals surface area contributed by atoms with E-state index in [1.165, 1.54) is 0 Å². The number of rotatable bonds is 6. The molecule has 3 aromatic carbocycles. The molecule has 0 saturated heterocycles. The minimum absolute atomic E-state index is 0.222. The van der Waals surface area contributed by atoms with E-state index >= 15 is 0 Å². The highest BCUT2D eigenvalue weighted by Gasteiger charge is 2.18. The summed E-state index contributed by atoms with van der Waals surface area (Å²) in [6, 6.07) is 19.5. The molecule has 27 heavy (non-hydrogen) atoms. The first kappa shape index (κ1) is 16.9. The molecule has 4 rings (SSSR count). The van der Waals surface area contributed by atoms with Gasteiger partial charge in [-0.3, -0.25) is 0 Å². The summed E-state index contributed by atoms with van der Waals surface area (Å²) in [5.74, 6) is 2.75. The molecule has 1 aliphatic heterocycles. The van der Waals surface area contributed by atoms with Crippen LogP contribution in [-0.4, -0.2) is 21.0 Å². The SMILES string of the molecule is COc1ccc(Nc2cc3c(cc2Nc2ccccc2)OCO3)cc1OC. The molecular formula is C21H20N2O4. The van der Waals surface area contributed by atoms with Gasteiger partial charge in [-0.05, 0) is 24.3 Å². The van der Waals surface area contributed by atoms with Gasteiger partial charge in [-0.2, -0.15) is 0 Å². The minimum Gasteiger partial charge on any atom is -0.493 e. The maximum Gasteiger partial charge on any atom is 0.231 e. The third-order valence-corrected chi connectivity index (χ3v) is 4.23. The van der Waals surface area contributed by atoms with Gasteiger partial charge in [-0.25, -0.2) is 0 Å². The van der Waals surface area contributed by atoms with Crippen LogP contribution in [0.5, 0.6) is 23.0 Å². The Hall–Kier alpha value is -3.54. The van der Waals surface area contributed by atoms with E-state index < -0.39 is 0 Å². The first-order chi connectivity index (χ1) is 13.3. The van der Waals surface area contributed by atoms with Gasteiger partial charge >= 0.3 is 0 Å². The molecule has 3 aromatic rings. The quantitative estimate of drug-likeness (QED) is 0.647. The number of nitrogens with one attached hydrogen (secondary N) is 2. The molecule has 0 amide bonds. The molecule has 6 heteroatoms. The number of methoxy groups -OCH3 is 2. The Morgan fingerprint density at radius 1 is 0.704 bits per heavy atom. The van der Waals surface area contributed by atoms with Crippen LogP contribution in [0.3, 0.4) is 0 Å². The molecule has 1 aliphatic rings. The topological polar surface area (TPSA) is 61.0 Å². The molecular weight excluding hydrogens is 344 g/mol. The lowest BCUT2D eigenvalue weighted by Gasteiger charge is -2.16. The molecule has 138 valence electrons. The van der Waals surface area contributed by atoms with E-state index in [2.05, 4.69) is 10.6 Å². The van der Waals surface area contributed by atoms with Crippen molar-refractivity contribution in [1.29, 1.82) is 0 Å². The summed E-state index contributed by atoms with van der Waals surface area (Å²) in [7, 11) is 3.23. The summed E-state index contributed by atoms with van der Waals surface area (Å²) in [4.78, 5) is 0. The van der Waals surface area contributed by atoms with E-state index in [1.807, 2.05) is 60.7 Å².